The van der Waals surface area contributed by atoms with Crippen LogP contribution in [0.1, 0.15) is 32.6 Å². The largest absolute Gasteiger partial charge is 0.332 e. The molecule has 1 aliphatic carbocycles. The molecule has 2 N–H and O–H groups in total. The summed E-state index contributed by atoms with van der Waals surface area (Å²) in [6.45, 7) is 4.60. The molecule has 5 nitrogen and oxygen atoms in total. The van der Waals surface area contributed by atoms with Crippen LogP contribution in [0.3, 0.4) is 0 Å². The summed E-state index contributed by atoms with van der Waals surface area (Å²) in [5.74, 6) is 0.173. The summed E-state index contributed by atoms with van der Waals surface area (Å²) < 4.78 is 0. The van der Waals surface area contributed by atoms with Gasteiger partial charge in [-0.05, 0) is 37.6 Å². The van der Waals surface area contributed by atoms with Crippen LogP contribution in [0.5, 0.6) is 0 Å². The normalized spacial score (nSPS) is 22.6. The first-order valence-electron chi connectivity index (χ1n) is 6.86. The Morgan fingerprint density at radius 2 is 1.78 bits per heavy atom. The lowest BCUT2D eigenvalue weighted by Gasteiger charge is -2.35. The summed E-state index contributed by atoms with van der Waals surface area (Å²) in [5, 5.41) is 0. The zero-order valence-corrected chi connectivity index (χ0v) is 11.2. The Kier molecular flexibility index (Phi) is 3.90. The van der Waals surface area contributed by atoms with Crippen LogP contribution < -0.4 is 5.73 Å². The average molecular weight is 253 g/mol. The summed E-state index contributed by atoms with van der Waals surface area (Å²) in [6, 6.07) is 0. The molecular weight excluding hydrogens is 230 g/mol. The standard InChI is InChI=1S/C13H23N3O2/c1-2-7-15-8-12(18)16(9-11(15)17)10-13(3-4-13)5-6-14/h2-10,14H2,1H3. The number of amides is 2. The molecule has 2 aliphatic rings. The Morgan fingerprint density at radius 1 is 1.17 bits per heavy atom. The Balaban J connectivity index is 1.91. The highest BCUT2D eigenvalue weighted by atomic mass is 16.2. The summed E-state index contributed by atoms with van der Waals surface area (Å²) >= 11 is 0. The zero-order valence-electron chi connectivity index (χ0n) is 11.2. The molecule has 0 aromatic rings. The van der Waals surface area contributed by atoms with Crippen molar-refractivity contribution >= 4 is 11.8 Å². The van der Waals surface area contributed by atoms with E-state index in [1.165, 1.54) is 0 Å². The molecule has 5 heteroatoms. The Hall–Kier alpha value is -1.10. The van der Waals surface area contributed by atoms with Gasteiger partial charge in [-0.15, -0.1) is 0 Å². The monoisotopic (exact) mass is 253 g/mol. The second-order valence-corrected chi connectivity index (χ2v) is 5.60. The number of hydrogen-bond donors (Lipinski definition) is 1. The summed E-state index contributed by atoms with van der Waals surface area (Å²) in [6.07, 6.45) is 4.14. The Morgan fingerprint density at radius 3 is 2.33 bits per heavy atom. The van der Waals surface area contributed by atoms with Crippen molar-refractivity contribution < 1.29 is 9.59 Å². The van der Waals surface area contributed by atoms with Crippen LogP contribution in [0.15, 0.2) is 0 Å². The molecule has 0 unspecified atom stereocenters. The van der Waals surface area contributed by atoms with Gasteiger partial charge < -0.3 is 15.5 Å². The minimum absolute atomic E-state index is 0.0833. The third-order valence-corrected chi connectivity index (χ3v) is 4.01. The van der Waals surface area contributed by atoms with E-state index in [0.29, 0.717) is 13.1 Å². The van der Waals surface area contributed by atoms with Crippen molar-refractivity contribution in [2.45, 2.75) is 32.6 Å². The van der Waals surface area contributed by atoms with Crippen molar-refractivity contribution in [1.82, 2.24) is 9.80 Å². The number of nitrogens with zero attached hydrogens (tertiary/aromatic N) is 2. The number of carbonyl (C=O) groups is 2. The second kappa shape index (κ2) is 5.26. The first-order chi connectivity index (χ1) is 8.60. The smallest absolute Gasteiger partial charge is 0.242 e. The molecule has 2 amide bonds. The van der Waals surface area contributed by atoms with Crippen LogP contribution in [0.25, 0.3) is 0 Å². The fraction of sp³-hybridized carbons (Fsp3) is 0.846. The fourth-order valence-corrected chi connectivity index (χ4v) is 2.70. The van der Waals surface area contributed by atoms with Crippen LogP contribution in [0, 0.1) is 5.41 Å². The van der Waals surface area contributed by atoms with Gasteiger partial charge in [0.05, 0.1) is 13.1 Å². The molecule has 18 heavy (non-hydrogen) atoms. The molecule has 1 saturated heterocycles. The van der Waals surface area contributed by atoms with E-state index in [1.807, 2.05) is 6.92 Å². The van der Waals surface area contributed by atoms with Gasteiger partial charge in [-0.3, -0.25) is 9.59 Å². The van der Waals surface area contributed by atoms with Crippen LogP contribution in [0.2, 0.25) is 0 Å². The SMILES string of the molecule is CCCN1CC(=O)N(CC2(CCN)CC2)CC1=O. The van der Waals surface area contributed by atoms with E-state index in [4.69, 9.17) is 5.73 Å². The lowest BCUT2D eigenvalue weighted by Crippen LogP contribution is -2.55. The highest BCUT2D eigenvalue weighted by Crippen LogP contribution is 2.49. The van der Waals surface area contributed by atoms with Crippen molar-refractivity contribution in [3.8, 4) is 0 Å². The topological polar surface area (TPSA) is 66.6 Å². The molecule has 0 atom stereocenters. The maximum absolute atomic E-state index is 12.0. The van der Waals surface area contributed by atoms with Gasteiger partial charge in [0, 0.05) is 13.1 Å². The number of piperazine rings is 1. The maximum atomic E-state index is 12.0. The quantitative estimate of drug-likeness (QED) is 0.735. The summed E-state index contributed by atoms with van der Waals surface area (Å²) in [7, 11) is 0. The average Bonchev–Trinajstić information content (AvgIpc) is 3.06. The van der Waals surface area contributed by atoms with Gasteiger partial charge in [0.15, 0.2) is 0 Å². The lowest BCUT2D eigenvalue weighted by molar-refractivity contribution is -0.150. The van der Waals surface area contributed by atoms with Crippen LogP contribution in [-0.2, 0) is 9.59 Å². The third kappa shape index (κ3) is 2.83. The lowest BCUT2D eigenvalue weighted by atomic mass is 10.0. The van der Waals surface area contributed by atoms with E-state index < -0.39 is 0 Å². The number of rotatable bonds is 6. The van der Waals surface area contributed by atoms with Crippen molar-refractivity contribution in [2.24, 2.45) is 11.1 Å². The highest BCUT2D eigenvalue weighted by Gasteiger charge is 2.45. The first kappa shape index (κ1) is 13.3. The maximum Gasteiger partial charge on any atom is 0.242 e. The van der Waals surface area contributed by atoms with Crippen LogP contribution in [-0.4, -0.2) is 54.3 Å². The van der Waals surface area contributed by atoms with E-state index in [1.54, 1.807) is 9.80 Å². The first-order valence-corrected chi connectivity index (χ1v) is 6.86. The zero-order chi connectivity index (χ0) is 13.2. The van der Waals surface area contributed by atoms with Crippen molar-refractivity contribution in [1.29, 1.82) is 0 Å². The second-order valence-electron chi connectivity index (χ2n) is 5.60. The van der Waals surface area contributed by atoms with Gasteiger partial charge in [0.25, 0.3) is 0 Å². The van der Waals surface area contributed by atoms with E-state index in [9.17, 15) is 9.59 Å². The van der Waals surface area contributed by atoms with E-state index in [2.05, 4.69) is 0 Å². The van der Waals surface area contributed by atoms with Gasteiger partial charge in [-0.2, -0.15) is 0 Å². The van der Waals surface area contributed by atoms with Gasteiger partial charge in [-0.1, -0.05) is 6.92 Å². The molecular formula is C13H23N3O2. The minimum atomic E-state index is 0.0833. The molecule has 2 rings (SSSR count). The highest BCUT2D eigenvalue weighted by molar-refractivity contribution is 5.92. The molecule has 0 bridgehead atoms. The van der Waals surface area contributed by atoms with Gasteiger partial charge >= 0.3 is 0 Å². The molecule has 1 aliphatic heterocycles. The summed E-state index contributed by atoms with van der Waals surface area (Å²) in [5.41, 5.74) is 5.82. The summed E-state index contributed by atoms with van der Waals surface area (Å²) in [4.78, 5) is 27.3. The minimum Gasteiger partial charge on any atom is -0.332 e. The predicted molar refractivity (Wildman–Crippen MR) is 68.8 cm³/mol. The van der Waals surface area contributed by atoms with E-state index >= 15 is 0 Å². The number of carbonyl (C=O) groups excluding carboxylic acids is 2. The predicted octanol–water partition coefficient (Wildman–Crippen LogP) is 0.196. The molecule has 0 radical (unpaired) electrons. The van der Waals surface area contributed by atoms with Crippen molar-refractivity contribution in [3.63, 3.8) is 0 Å². The van der Waals surface area contributed by atoms with Crippen molar-refractivity contribution in [2.75, 3.05) is 32.7 Å². The third-order valence-electron chi connectivity index (χ3n) is 4.01. The van der Waals surface area contributed by atoms with E-state index in [0.717, 1.165) is 32.2 Å². The van der Waals surface area contributed by atoms with Gasteiger partial charge in [0.2, 0.25) is 11.8 Å². The number of nitrogens with two attached hydrogens (primary N) is 1. The van der Waals surface area contributed by atoms with Gasteiger partial charge in [0.1, 0.15) is 0 Å². The molecule has 102 valence electrons. The molecule has 1 saturated carbocycles. The fourth-order valence-electron chi connectivity index (χ4n) is 2.70. The van der Waals surface area contributed by atoms with Crippen LogP contribution >= 0.6 is 0 Å². The molecule has 2 fully saturated rings. The Bertz CT molecular complexity index is 339. The van der Waals surface area contributed by atoms with Crippen molar-refractivity contribution in [3.05, 3.63) is 0 Å². The Labute approximate surface area is 108 Å². The van der Waals surface area contributed by atoms with E-state index in [-0.39, 0.29) is 30.3 Å². The van der Waals surface area contributed by atoms with Crippen LogP contribution in [0.4, 0.5) is 0 Å². The molecule has 0 aromatic heterocycles. The molecule has 0 spiro atoms. The molecule has 1 heterocycles. The van der Waals surface area contributed by atoms with Gasteiger partial charge in [-0.25, -0.2) is 0 Å². The number of hydrogen-bond acceptors (Lipinski definition) is 3. The molecule has 0 aromatic carbocycles.